The third-order valence-electron chi connectivity index (χ3n) is 1.99. The summed E-state index contributed by atoms with van der Waals surface area (Å²) < 4.78 is 13.7. The van der Waals surface area contributed by atoms with Gasteiger partial charge in [0.1, 0.15) is 16.1 Å². The molecule has 1 heterocycles. The Morgan fingerprint density at radius 3 is 2.80 bits per heavy atom. The molecule has 0 bridgehead atoms. The summed E-state index contributed by atoms with van der Waals surface area (Å²) in [7, 11) is 0. The number of halogens is 2. The number of benzene rings is 1. The molecular formula is C10H5BrFNO2. The van der Waals surface area contributed by atoms with E-state index in [4.69, 9.17) is 5.11 Å². The maximum absolute atomic E-state index is 13.4. The standard InChI is InChI=1S/C10H5BrFNO2/c11-9-5-2-1-3-7(12)6(5)4-8(13-9)10(14)15/h1-4H,(H,14,15). The Labute approximate surface area is 92.7 Å². The normalized spacial score (nSPS) is 10.5. The molecule has 0 atom stereocenters. The smallest absolute Gasteiger partial charge is 0.354 e. The summed E-state index contributed by atoms with van der Waals surface area (Å²) in [6.45, 7) is 0. The number of aromatic nitrogens is 1. The minimum Gasteiger partial charge on any atom is -0.477 e. The zero-order valence-corrected chi connectivity index (χ0v) is 8.95. The van der Waals surface area contributed by atoms with Gasteiger partial charge in [0.15, 0.2) is 0 Å². The lowest BCUT2D eigenvalue weighted by atomic mass is 10.1. The third kappa shape index (κ3) is 1.70. The largest absolute Gasteiger partial charge is 0.477 e. The fourth-order valence-electron chi connectivity index (χ4n) is 1.31. The van der Waals surface area contributed by atoms with Gasteiger partial charge in [0.25, 0.3) is 0 Å². The highest BCUT2D eigenvalue weighted by Crippen LogP contribution is 2.25. The molecule has 0 saturated heterocycles. The molecule has 15 heavy (non-hydrogen) atoms. The van der Waals surface area contributed by atoms with Gasteiger partial charge < -0.3 is 5.11 Å². The summed E-state index contributed by atoms with van der Waals surface area (Å²) in [5.41, 5.74) is -0.181. The number of pyridine rings is 1. The molecular weight excluding hydrogens is 265 g/mol. The van der Waals surface area contributed by atoms with Crippen molar-refractivity contribution in [1.29, 1.82) is 0 Å². The van der Waals surface area contributed by atoms with Crippen LogP contribution in [0.15, 0.2) is 28.9 Å². The van der Waals surface area contributed by atoms with Crippen LogP contribution in [0.2, 0.25) is 0 Å². The molecule has 3 nitrogen and oxygen atoms in total. The highest BCUT2D eigenvalue weighted by atomic mass is 79.9. The highest BCUT2D eigenvalue weighted by Gasteiger charge is 2.11. The molecule has 0 amide bonds. The molecule has 76 valence electrons. The molecule has 1 aromatic heterocycles. The van der Waals surface area contributed by atoms with E-state index in [-0.39, 0.29) is 11.1 Å². The van der Waals surface area contributed by atoms with Gasteiger partial charge in [-0.25, -0.2) is 14.2 Å². The van der Waals surface area contributed by atoms with Crippen LogP contribution in [0, 0.1) is 5.82 Å². The van der Waals surface area contributed by atoms with Gasteiger partial charge in [0.05, 0.1) is 0 Å². The summed E-state index contributed by atoms with van der Waals surface area (Å²) in [6.07, 6.45) is 0. The monoisotopic (exact) mass is 269 g/mol. The average Bonchev–Trinajstić information content (AvgIpc) is 2.19. The molecule has 0 aliphatic rings. The van der Waals surface area contributed by atoms with Crippen molar-refractivity contribution < 1.29 is 14.3 Å². The lowest BCUT2D eigenvalue weighted by molar-refractivity contribution is 0.0690. The molecule has 0 aliphatic heterocycles. The van der Waals surface area contributed by atoms with E-state index < -0.39 is 11.8 Å². The van der Waals surface area contributed by atoms with Crippen LogP contribution in [0.25, 0.3) is 10.8 Å². The van der Waals surface area contributed by atoms with Crippen LogP contribution >= 0.6 is 15.9 Å². The van der Waals surface area contributed by atoms with E-state index in [0.717, 1.165) is 0 Å². The summed E-state index contributed by atoms with van der Waals surface area (Å²) >= 11 is 3.11. The lowest BCUT2D eigenvalue weighted by Crippen LogP contribution is -2.01. The van der Waals surface area contributed by atoms with Gasteiger partial charge in [-0.3, -0.25) is 0 Å². The van der Waals surface area contributed by atoms with E-state index in [0.29, 0.717) is 9.99 Å². The van der Waals surface area contributed by atoms with E-state index in [9.17, 15) is 9.18 Å². The summed E-state index contributed by atoms with van der Waals surface area (Å²) in [4.78, 5) is 14.5. The molecule has 0 radical (unpaired) electrons. The Kier molecular flexibility index (Phi) is 2.40. The zero-order chi connectivity index (χ0) is 11.0. The maximum atomic E-state index is 13.4. The number of hydrogen-bond acceptors (Lipinski definition) is 2. The second kappa shape index (κ2) is 3.58. The van der Waals surface area contributed by atoms with Gasteiger partial charge >= 0.3 is 5.97 Å². The molecule has 0 unspecified atom stereocenters. The first-order chi connectivity index (χ1) is 7.09. The average molecular weight is 270 g/mol. The van der Waals surface area contributed by atoms with Crippen LogP contribution in [-0.2, 0) is 0 Å². The van der Waals surface area contributed by atoms with Gasteiger partial charge in [-0.1, -0.05) is 12.1 Å². The molecule has 0 aliphatic carbocycles. The second-order valence-electron chi connectivity index (χ2n) is 2.94. The van der Waals surface area contributed by atoms with Crippen molar-refractivity contribution in [3.05, 3.63) is 40.4 Å². The van der Waals surface area contributed by atoms with Gasteiger partial charge in [0.2, 0.25) is 0 Å². The number of rotatable bonds is 1. The van der Waals surface area contributed by atoms with Crippen LogP contribution in [-0.4, -0.2) is 16.1 Å². The van der Waals surface area contributed by atoms with Crippen LogP contribution in [0.4, 0.5) is 4.39 Å². The Balaban J connectivity index is 2.85. The van der Waals surface area contributed by atoms with E-state index in [1.165, 1.54) is 12.1 Å². The Bertz CT molecular complexity index is 556. The number of fused-ring (bicyclic) bond motifs is 1. The van der Waals surface area contributed by atoms with Crippen LogP contribution in [0.1, 0.15) is 10.5 Å². The first-order valence-corrected chi connectivity index (χ1v) is 4.87. The fourth-order valence-corrected chi connectivity index (χ4v) is 1.84. The van der Waals surface area contributed by atoms with Gasteiger partial charge in [-0.15, -0.1) is 0 Å². The minimum atomic E-state index is -1.18. The number of carbonyl (C=O) groups is 1. The van der Waals surface area contributed by atoms with Crippen LogP contribution in [0.5, 0.6) is 0 Å². The summed E-state index contributed by atoms with van der Waals surface area (Å²) in [5.74, 6) is -1.64. The van der Waals surface area contributed by atoms with E-state index in [1.54, 1.807) is 12.1 Å². The third-order valence-corrected chi connectivity index (χ3v) is 2.60. The molecule has 0 saturated carbocycles. The minimum absolute atomic E-state index is 0.181. The van der Waals surface area contributed by atoms with Crippen molar-refractivity contribution in [3.8, 4) is 0 Å². The Morgan fingerprint density at radius 1 is 1.40 bits per heavy atom. The second-order valence-corrected chi connectivity index (χ2v) is 3.69. The first-order valence-electron chi connectivity index (χ1n) is 4.07. The van der Waals surface area contributed by atoms with Gasteiger partial charge in [-0.2, -0.15) is 0 Å². The zero-order valence-electron chi connectivity index (χ0n) is 7.37. The van der Waals surface area contributed by atoms with Crippen molar-refractivity contribution >= 4 is 32.7 Å². The quantitative estimate of drug-likeness (QED) is 0.810. The Hall–Kier alpha value is -1.49. The molecule has 0 spiro atoms. The van der Waals surface area contributed by atoms with Crippen molar-refractivity contribution in [1.82, 2.24) is 4.98 Å². The number of aromatic carboxylic acids is 1. The fraction of sp³-hybridized carbons (Fsp3) is 0. The molecule has 0 fully saturated rings. The van der Waals surface area contributed by atoms with E-state index >= 15 is 0 Å². The SMILES string of the molecule is O=C(O)c1cc2c(F)cccc2c(Br)n1. The molecule has 5 heteroatoms. The first kappa shape index (κ1) is 10.0. The predicted molar refractivity (Wildman–Crippen MR) is 56.4 cm³/mol. The van der Waals surface area contributed by atoms with Gasteiger partial charge in [-0.05, 0) is 28.1 Å². The molecule has 2 aromatic rings. The van der Waals surface area contributed by atoms with Crippen molar-refractivity contribution in [3.63, 3.8) is 0 Å². The van der Waals surface area contributed by atoms with E-state index in [1.807, 2.05) is 0 Å². The number of hydrogen-bond donors (Lipinski definition) is 1. The number of carboxylic acids is 1. The van der Waals surface area contributed by atoms with Crippen molar-refractivity contribution in [2.75, 3.05) is 0 Å². The molecule has 2 rings (SSSR count). The number of carboxylic acid groups (broad SMARTS) is 1. The topological polar surface area (TPSA) is 50.2 Å². The number of nitrogens with zero attached hydrogens (tertiary/aromatic N) is 1. The summed E-state index contributed by atoms with van der Waals surface area (Å²) in [6, 6.07) is 5.71. The van der Waals surface area contributed by atoms with Crippen LogP contribution in [0.3, 0.4) is 0 Å². The summed E-state index contributed by atoms with van der Waals surface area (Å²) in [5, 5.41) is 9.56. The van der Waals surface area contributed by atoms with E-state index in [2.05, 4.69) is 20.9 Å². The van der Waals surface area contributed by atoms with Crippen LogP contribution < -0.4 is 0 Å². The molecule has 1 aromatic carbocycles. The molecule has 1 N–H and O–H groups in total. The maximum Gasteiger partial charge on any atom is 0.354 e. The van der Waals surface area contributed by atoms with Gasteiger partial charge in [0, 0.05) is 10.8 Å². The lowest BCUT2D eigenvalue weighted by Gasteiger charge is -2.02. The predicted octanol–water partition coefficient (Wildman–Crippen LogP) is 2.83. The Morgan fingerprint density at radius 2 is 2.13 bits per heavy atom. The van der Waals surface area contributed by atoms with Crippen molar-refractivity contribution in [2.24, 2.45) is 0 Å². The van der Waals surface area contributed by atoms with Crippen molar-refractivity contribution in [2.45, 2.75) is 0 Å². The highest BCUT2D eigenvalue weighted by molar-refractivity contribution is 9.10.